The van der Waals surface area contributed by atoms with E-state index in [2.05, 4.69) is 16.0 Å². The monoisotopic (exact) mass is 419 g/mol. The van der Waals surface area contributed by atoms with Crippen molar-refractivity contribution in [3.63, 3.8) is 0 Å². The average Bonchev–Trinajstić information content (AvgIpc) is 3.50. The van der Waals surface area contributed by atoms with E-state index in [1.54, 1.807) is 6.92 Å². The highest BCUT2D eigenvalue weighted by Gasteiger charge is 2.44. The van der Waals surface area contributed by atoms with Crippen LogP contribution >= 0.6 is 11.3 Å². The third-order valence-electron chi connectivity index (χ3n) is 6.24. The molecule has 2 unspecified atom stereocenters. The number of thiazole rings is 1. The molecule has 4 heterocycles. The van der Waals surface area contributed by atoms with E-state index in [1.165, 1.54) is 16.9 Å². The molecular formula is C23H21N3O3S. The standard InChI is InChI=1S/C23H21N3O3S/c1-14(27)26-12-16-8-17(26)11-25(16)10-15-13-28-21-9-18(6-7-19(15)21)29-23-24-20-4-2-3-5-22(20)30-23/h2-7,9,13,16-17H,8,10-12H2,1H3. The van der Waals surface area contributed by atoms with Crippen molar-refractivity contribution in [1.29, 1.82) is 0 Å². The number of fused-ring (bicyclic) bond motifs is 4. The van der Waals surface area contributed by atoms with E-state index in [4.69, 9.17) is 9.15 Å². The van der Waals surface area contributed by atoms with E-state index < -0.39 is 0 Å². The van der Waals surface area contributed by atoms with Crippen LogP contribution in [0.4, 0.5) is 0 Å². The Morgan fingerprint density at radius 1 is 1.23 bits per heavy atom. The SMILES string of the molecule is CC(=O)N1CC2CC1CN2Cc1coc2cc(Oc3nc4ccccc4s3)ccc12. The number of para-hydroxylation sites is 1. The second-order valence-electron chi connectivity index (χ2n) is 8.11. The lowest BCUT2D eigenvalue weighted by atomic mass is 10.1. The first-order valence-electron chi connectivity index (χ1n) is 10.2. The molecule has 6 nitrogen and oxygen atoms in total. The quantitative estimate of drug-likeness (QED) is 0.482. The van der Waals surface area contributed by atoms with Crippen LogP contribution in [-0.4, -0.2) is 45.9 Å². The number of aromatic nitrogens is 1. The summed E-state index contributed by atoms with van der Waals surface area (Å²) in [6.07, 6.45) is 2.93. The van der Waals surface area contributed by atoms with Gasteiger partial charge < -0.3 is 14.1 Å². The maximum absolute atomic E-state index is 11.7. The Labute approximate surface area is 177 Å². The van der Waals surface area contributed by atoms with Crippen molar-refractivity contribution in [3.8, 4) is 10.9 Å². The number of amides is 1. The predicted octanol–water partition coefficient (Wildman–Crippen LogP) is 4.64. The van der Waals surface area contributed by atoms with Crippen molar-refractivity contribution in [2.24, 2.45) is 0 Å². The number of piperazine rings is 1. The van der Waals surface area contributed by atoms with Gasteiger partial charge in [0.05, 0.1) is 16.5 Å². The van der Waals surface area contributed by atoms with Crippen LogP contribution in [0.25, 0.3) is 21.2 Å². The minimum atomic E-state index is 0.191. The number of benzene rings is 2. The number of nitrogens with zero attached hydrogens (tertiary/aromatic N) is 3. The number of rotatable bonds is 4. The topological polar surface area (TPSA) is 58.8 Å². The van der Waals surface area contributed by atoms with Gasteiger partial charge in [-0.25, -0.2) is 4.98 Å². The van der Waals surface area contributed by atoms with Gasteiger partial charge in [0.1, 0.15) is 11.3 Å². The van der Waals surface area contributed by atoms with Gasteiger partial charge in [0, 0.05) is 55.7 Å². The number of likely N-dealkylation sites (tertiary alicyclic amines) is 2. The number of ether oxygens (including phenoxy) is 1. The van der Waals surface area contributed by atoms with Gasteiger partial charge in [-0.15, -0.1) is 0 Å². The third kappa shape index (κ3) is 2.97. The molecule has 4 aromatic rings. The predicted molar refractivity (Wildman–Crippen MR) is 116 cm³/mol. The van der Waals surface area contributed by atoms with Crippen LogP contribution in [0, 0.1) is 0 Å². The van der Waals surface area contributed by atoms with Crippen molar-refractivity contribution in [1.82, 2.24) is 14.8 Å². The molecule has 6 rings (SSSR count). The van der Waals surface area contributed by atoms with Crippen molar-refractivity contribution in [3.05, 3.63) is 54.3 Å². The molecule has 30 heavy (non-hydrogen) atoms. The van der Waals surface area contributed by atoms with E-state index in [1.807, 2.05) is 47.6 Å². The fourth-order valence-corrected chi connectivity index (χ4v) is 5.63. The highest BCUT2D eigenvalue weighted by Crippen LogP contribution is 2.36. The van der Waals surface area contributed by atoms with Crippen molar-refractivity contribution >= 4 is 38.4 Å². The summed E-state index contributed by atoms with van der Waals surface area (Å²) < 4.78 is 12.9. The maximum atomic E-state index is 11.7. The summed E-state index contributed by atoms with van der Waals surface area (Å²) in [7, 11) is 0. The number of carbonyl (C=O) groups excluding carboxylic acids is 1. The molecule has 0 spiro atoms. The van der Waals surface area contributed by atoms with Crippen LogP contribution < -0.4 is 4.74 Å². The molecule has 2 aromatic carbocycles. The minimum Gasteiger partial charge on any atom is -0.464 e. The van der Waals surface area contributed by atoms with E-state index in [9.17, 15) is 4.79 Å². The lowest BCUT2D eigenvalue weighted by Gasteiger charge is -2.33. The van der Waals surface area contributed by atoms with E-state index >= 15 is 0 Å². The number of hydrogen-bond acceptors (Lipinski definition) is 6. The summed E-state index contributed by atoms with van der Waals surface area (Å²) in [5.74, 6) is 0.913. The Morgan fingerprint density at radius 3 is 2.93 bits per heavy atom. The summed E-state index contributed by atoms with van der Waals surface area (Å²) in [4.78, 5) is 20.7. The molecule has 2 aliphatic rings. The second-order valence-corrected chi connectivity index (χ2v) is 9.11. The van der Waals surface area contributed by atoms with Crippen molar-refractivity contribution in [2.45, 2.75) is 32.0 Å². The molecule has 2 aliphatic heterocycles. The summed E-state index contributed by atoms with van der Waals surface area (Å²) in [5, 5.41) is 1.74. The maximum Gasteiger partial charge on any atom is 0.279 e. The second kappa shape index (κ2) is 6.82. The zero-order chi connectivity index (χ0) is 20.2. The molecule has 2 aromatic heterocycles. The van der Waals surface area contributed by atoms with Gasteiger partial charge in [-0.05, 0) is 30.7 Å². The average molecular weight is 420 g/mol. The van der Waals surface area contributed by atoms with Crippen LogP contribution in [0.1, 0.15) is 18.9 Å². The van der Waals surface area contributed by atoms with Gasteiger partial charge in [0.25, 0.3) is 5.19 Å². The van der Waals surface area contributed by atoms with Gasteiger partial charge in [0.15, 0.2) is 0 Å². The van der Waals surface area contributed by atoms with Gasteiger partial charge in [0.2, 0.25) is 5.91 Å². The van der Waals surface area contributed by atoms with Gasteiger partial charge in [-0.3, -0.25) is 9.69 Å². The fourth-order valence-electron chi connectivity index (χ4n) is 4.79. The summed E-state index contributed by atoms with van der Waals surface area (Å²) in [6, 6.07) is 14.8. The first-order valence-corrected chi connectivity index (χ1v) is 11.0. The Morgan fingerprint density at radius 2 is 2.13 bits per heavy atom. The highest BCUT2D eigenvalue weighted by molar-refractivity contribution is 7.20. The molecule has 0 radical (unpaired) electrons. The summed E-state index contributed by atoms with van der Waals surface area (Å²) in [5.41, 5.74) is 2.94. The number of carbonyl (C=O) groups is 1. The van der Waals surface area contributed by atoms with Gasteiger partial charge >= 0.3 is 0 Å². The molecule has 2 atom stereocenters. The lowest BCUT2D eigenvalue weighted by molar-refractivity contribution is -0.131. The Balaban J connectivity index is 1.20. The molecule has 0 N–H and O–H groups in total. The van der Waals surface area contributed by atoms with Crippen LogP contribution in [0.15, 0.2) is 53.1 Å². The molecule has 2 saturated heterocycles. The minimum absolute atomic E-state index is 0.191. The first-order chi connectivity index (χ1) is 14.6. The van der Waals surface area contributed by atoms with Crippen LogP contribution in [0.2, 0.25) is 0 Å². The Hall–Kier alpha value is -2.90. The summed E-state index contributed by atoms with van der Waals surface area (Å²) >= 11 is 1.53. The van der Waals surface area contributed by atoms with Crippen molar-refractivity contribution < 1.29 is 13.9 Å². The van der Waals surface area contributed by atoms with E-state index in [0.29, 0.717) is 17.3 Å². The fraction of sp³-hybridized carbons (Fsp3) is 0.304. The molecule has 2 fully saturated rings. The van der Waals surface area contributed by atoms with E-state index in [-0.39, 0.29) is 5.91 Å². The molecule has 2 bridgehead atoms. The lowest BCUT2D eigenvalue weighted by Crippen LogP contribution is -2.47. The molecule has 0 saturated carbocycles. The third-order valence-corrected chi connectivity index (χ3v) is 7.15. The zero-order valence-corrected chi connectivity index (χ0v) is 17.4. The number of furan rings is 1. The van der Waals surface area contributed by atoms with Crippen molar-refractivity contribution in [2.75, 3.05) is 13.1 Å². The van der Waals surface area contributed by atoms with Crippen LogP contribution in [0.5, 0.6) is 10.9 Å². The molecular weight excluding hydrogens is 398 g/mol. The van der Waals surface area contributed by atoms with E-state index in [0.717, 1.165) is 53.0 Å². The van der Waals surface area contributed by atoms with Gasteiger partial charge in [-0.1, -0.05) is 23.5 Å². The Bertz CT molecular complexity index is 1230. The molecule has 7 heteroatoms. The smallest absolute Gasteiger partial charge is 0.279 e. The largest absolute Gasteiger partial charge is 0.464 e. The summed E-state index contributed by atoms with van der Waals surface area (Å²) in [6.45, 7) is 4.30. The van der Waals surface area contributed by atoms with Gasteiger partial charge in [-0.2, -0.15) is 0 Å². The first kappa shape index (κ1) is 17.9. The molecule has 0 aliphatic carbocycles. The van der Waals surface area contributed by atoms with Crippen LogP contribution in [-0.2, 0) is 11.3 Å². The Kier molecular flexibility index (Phi) is 4.07. The van der Waals surface area contributed by atoms with Crippen LogP contribution in [0.3, 0.4) is 0 Å². The normalized spacial score (nSPS) is 21.2. The highest BCUT2D eigenvalue weighted by atomic mass is 32.1. The zero-order valence-electron chi connectivity index (χ0n) is 16.6. The molecule has 152 valence electrons. The number of hydrogen-bond donors (Lipinski definition) is 0. The molecule has 1 amide bonds.